The first kappa shape index (κ1) is 41.6. The second kappa shape index (κ2) is 21.2. The Balaban J connectivity index is 0. The van der Waals surface area contributed by atoms with Crippen molar-refractivity contribution in [2.75, 3.05) is 0 Å². The van der Waals surface area contributed by atoms with Gasteiger partial charge in [-0.15, -0.1) is 0 Å². The molecule has 0 spiro atoms. The molecule has 0 aliphatic carbocycles. The third kappa shape index (κ3) is 15.5. The molecule has 0 saturated heterocycles. The smallest absolute Gasteiger partial charge is 0.129 e. The van der Waals surface area contributed by atoms with Crippen molar-refractivity contribution in [3.05, 3.63) is 140 Å². The maximum absolute atomic E-state index is 12.6. The molecule has 4 rings (SSSR count). The van der Waals surface area contributed by atoms with Crippen molar-refractivity contribution in [1.82, 2.24) is 0 Å². The number of benzene rings is 4. The Labute approximate surface area is 255 Å². The molecule has 0 bridgehead atoms. The zero-order chi connectivity index (χ0) is 34.0. The summed E-state index contributed by atoms with van der Waals surface area (Å²) in [4.78, 5) is 0. The first-order valence-corrected chi connectivity index (χ1v) is 14.3. The van der Waals surface area contributed by atoms with Crippen LogP contribution in [0.5, 0.6) is 0 Å². The van der Waals surface area contributed by atoms with Crippen LogP contribution in [0.15, 0.2) is 54.6 Å². The van der Waals surface area contributed by atoms with Crippen molar-refractivity contribution in [2.45, 2.75) is 90.0 Å². The highest BCUT2D eigenvalue weighted by Crippen LogP contribution is 2.14. The molecule has 0 amide bonds. The first-order valence-electron chi connectivity index (χ1n) is 14.3. The highest BCUT2D eigenvalue weighted by atomic mass is 19.2. The monoisotopic (exact) mass is 606 g/mol. The summed E-state index contributed by atoms with van der Waals surface area (Å²) in [6.07, 6.45) is 0. The summed E-state index contributed by atoms with van der Waals surface area (Å²) in [5.41, 5.74) is 6.21. The third-order valence-electron chi connectivity index (χ3n) is 5.94. The van der Waals surface area contributed by atoms with E-state index < -0.39 is 34.9 Å². The molecule has 0 N–H and O–H groups in total. The Kier molecular flexibility index (Phi) is 20.5. The largest absolute Gasteiger partial charge is 0.207 e. The summed E-state index contributed by atoms with van der Waals surface area (Å²) >= 11 is 0. The van der Waals surface area contributed by atoms with Crippen molar-refractivity contribution in [3.63, 3.8) is 0 Å². The van der Waals surface area contributed by atoms with Crippen LogP contribution >= 0.6 is 0 Å². The standard InChI is InChI=1S/C9H12.3C8H8F2.2C2H6/c1-7-4-5-8(2)9(3)6-7;3*1-5-3-7(9)6(2)8(10)4-5;2*1-2/h4-6H,1-3H3;3*3-4H,1-2H3;2*1-2H3. The number of rotatable bonds is 0. The normalized spacial score (nSPS) is 9.28. The molecule has 4 aromatic rings. The summed E-state index contributed by atoms with van der Waals surface area (Å²) < 4.78 is 75.6. The minimum Gasteiger partial charge on any atom is -0.207 e. The van der Waals surface area contributed by atoms with E-state index in [1.165, 1.54) is 73.9 Å². The minimum atomic E-state index is -0.475. The van der Waals surface area contributed by atoms with E-state index >= 15 is 0 Å². The van der Waals surface area contributed by atoms with E-state index in [0.29, 0.717) is 16.7 Å². The molecule has 6 heteroatoms. The molecule has 0 saturated carbocycles. The molecule has 0 nitrogen and oxygen atoms in total. The average molecular weight is 607 g/mol. The van der Waals surface area contributed by atoms with E-state index in [1.807, 2.05) is 27.7 Å². The van der Waals surface area contributed by atoms with Crippen molar-refractivity contribution in [2.24, 2.45) is 0 Å². The van der Waals surface area contributed by atoms with Gasteiger partial charge in [0.15, 0.2) is 0 Å². The van der Waals surface area contributed by atoms with Crippen molar-refractivity contribution in [3.8, 4) is 0 Å². The summed E-state index contributed by atoms with van der Waals surface area (Å²) in [6.45, 7) is 23.6. The fourth-order valence-corrected chi connectivity index (χ4v) is 3.21. The van der Waals surface area contributed by atoms with Crippen molar-refractivity contribution in [1.29, 1.82) is 0 Å². The lowest BCUT2D eigenvalue weighted by atomic mass is 10.1. The SMILES string of the molecule is CC.CC.Cc1cc(F)c(C)c(F)c1.Cc1cc(F)c(C)c(F)c1.Cc1cc(F)c(C)c(F)c1.Cc1ccc(C)c(C)c1. The van der Waals surface area contributed by atoms with Gasteiger partial charge in [-0.25, -0.2) is 26.3 Å². The Morgan fingerprint density at radius 2 is 0.535 bits per heavy atom. The van der Waals surface area contributed by atoms with E-state index in [9.17, 15) is 26.3 Å². The van der Waals surface area contributed by atoms with Crippen LogP contribution in [-0.4, -0.2) is 0 Å². The quantitative estimate of drug-likeness (QED) is 0.175. The molecular formula is C37H48F6. The van der Waals surface area contributed by atoms with Crippen LogP contribution in [0.25, 0.3) is 0 Å². The second-order valence-electron chi connectivity index (χ2n) is 9.65. The lowest BCUT2D eigenvalue weighted by Gasteiger charge is -1.98. The molecule has 238 valence electrons. The zero-order valence-electron chi connectivity index (χ0n) is 28.0. The number of hydrogen-bond acceptors (Lipinski definition) is 0. The maximum atomic E-state index is 12.6. The van der Waals surface area contributed by atoms with Gasteiger partial charge in [-0.1, -0.05) is 51.5 Å². The van der Waals surface area contributed by atoms with Gasteiger partial charge in [0.2, 0.25) is 0 Å². The van der Waals surface area contributed by atoms with E-state index in [2.05, 4.69) is 39.0 Å². The van der Waals surface area contributed by atoms with Gasteiger partial charge < -0.3 is 0 Å². The maximum Gasteiger partial charge on any atom is 0.129 e. The highest BCUT2D eigenvalue weighted by molar-refractivity contribution is 5.29. The summed E-state index contributed by atoms with van der Waals surface area (Å²) in [5.74, 6) is -2.85. The second-order valence-corrected chi connectivity index (χ2v) is 9.65. The van der Waals surface area contributed by atoms with E-state index in [1.54, 1.807) is 20.8 Å². The van der Waals surface area contributed by atoms with Crippen LogP contribution in [0.3, 0.4) is 0 Å². The van der Waals surface area contributed by atoms with Gasteiger partial charge in [0.25, 0.3) is 0 Å². The summed E-state index contributed by atoms with van der Waals surface area (Å²) in [6, 6.07) is 14.4. The third-order valence-corrected chi connectivity index (χ3v) is 5.94. The predicted octanol–water partition coefficient (Wildman–Crippen LogP) is 12.4. The van der Waals surface area contributed by atoms with Crippen LogP contribution in [0.1, 0.15) is 77.8 Å². The number of aryl methyl sites for hydroxylation is 6. The van der Waals surface area contributed by atoms with Gasteiger partial charge in [0.05, 0.1) is 0 Å². The molecule has 0 unspecified atom stereocenters. The fraction of sp³-hybridized carbons (Fsp3) is 0.351. The van der Waals surface area contributed by atoms with Crippen LogP contribution in [0, 0.1) is 97.2 Å². The van der Waals surface area contributed by atoms with Crippen LogP contribution in [-0.2, 0) is 0 Å². The first-order chi connectivity index (χ1) is 20.0. The summed E-state index contributed by atoms with van der Waals surface area (Å²) in [5, 5.41) is 0. The topological polar surface area (TPSA) is 0 Å². The Morgan fingerprint density at radius 1 is 0.302 bits per heavy atom. The Bertz CT molecular complexity index is 1210. The van der Waals surface area contributed by atoms with Crippen LogP contribution < -0.4 is 0 Å². The lowest BCUT2D eigenvalue weighted by molar-refractivity contribution is 0.565. The molecule has 0 heterocycles. The van der Waals surface area contributed by atoms with E-state index in [4.69, 9.17) is 0 Å². The van der Waals surface area contributed by atoms with Gasteiger partial charge in [0, 0.05) is 16.7 Å². The molecule has 0 radical (unpaired) electrons. The van der Waals surface area contributed by atoms with Gasteiger partial charge in [-0.05, 0) is 127 Å². The van der Waals surface area contributed by atoms with Crippen molar-refractivity contribution < 1.29 is 26.3 Å². The van der Waals surface area contributed by atoms with Gasteiger partial charge in [-0.3, -0.25) is 0 Å². The van der Waals surface area contributed by atoms with Crippen LogP contribution in [0.4, 0.5) is 26.3 Å². The molecule has 0 fully saturated rings. The molecule has 0 atom stereocenters. The fourth-order valence-electron chi connectivity index (χ4n) is 3.21. The Hall–Kier alpha value is -3.54. The number of halogens is 6. The summed E-state index contributed by atoms with van der Waals surface area (Å²) in [7, 11) is 0. The zero-order valence-corrected chi connectivity index (χ0v) is 28.0. The van der Waals surface area contributed by atoms with Gasteiger partial charge >= 0.3 is 0 Å². The Morgan fingerprint density at radius 3 is 0.721 bits per heavy atom. The minimum absolute atomic E-state index is 0.0885. The van der Waals surface area contributed by atoms with Gasteiger partial charge in [-0.2, -0.15) is 0 Å². The molecule has 0 aliphatic rings. The molecular weight excluding hydrogens is 558 g/mol. The van der Waals surface area contributed by atoms with Crippen LogP contribution in [0.2, 0.25) is 0 Å². The van der Waals surface area contributed by atoms with Crippen molar-refractivity contribution >= 4 is 0 Å². The molecule has 0 aromatic heterocycles. The van der Waals surface area contributed by atoms with E-state index in [-0.39, 0.29) is 16.7 Å². The number of hydrogen-bond donors (Lipinski definition) is 0. The molecule has 43 heavy (non-hydrogen) atoms. The van der Waals surface area contributed by atoms with Gasteiger partial charge in [0.1, 0.15) is 34.9 Å². The molecule has 0 aliphatic heterocycles. The average Bonchev–Trinajstić information content (AvgIpc) is 2.94. The lowest BCUT2D eigenvalue weighted by Crippen LogP contribution is -1.89. The highest BCUT2D eigenvalue weighted by Gasteiger charge is 2.04. The predicted molar refractivity (Wildman–Crippen MR) is 171 cm³/mol. The van der Waals surface area contributed by atoms with E-state index in [0.717, 1.165) is 0 Å². The molecule has 4 aromatic carbocycles.